The average Bonchev–Trinajstić information content (AvgIpc) is 2.89. The molecule has 2 aromatic heterocycles. The second kappa shape index (κ2) is 5.84. The van der Waals surface area contributed by atoms with E-state index in [0.29, 0.717) is 5.95 Å². The van der Waals surface area contributed by atoms with E-state index >= 15 is 0 Å². The minimum absolute atomic E-state index is 0.0512. The van der Waals surface area contributed by atoms with Crippen molar-refractivity contribution >= 4 is 32.6 Å². The van der Waals surface area contributed by atoms with Gasteiger partial charge >= 0.3 is 0 Å². The summed E-state index contributed by atoms with van der Waals surface area (Å²) in [5.41, 5.74) is 0. The highest BCUT2D eigenvalue weighted by molar-refractivity contribution is 7.92. The second-order valence-electron chi connectivity index (χ2n) is 3.44. The third-order valence-electron chi connectivity index (χ3n) is 1.99. The lowest BCUT2D eigenvalue weighted by atomic mass is 10.5. The summed E-state index contributed by atoms with van der Waals surface area (Å²) in [6, 6.07) is 0. The van der Waals surface area contributed by atoms with Gasteiger partial charge in [0.25, 0.3) is 10.0 Å². The summed E-state index contributed by atoms with van der Waals surface area (Å²) in [5, 5.41) is 9.84. The average molecular weight is 301 g/mol. The van der Waals surface area contributed by atoms with E-state index in [-0.39, 0.29) is 10.0 Å². The summed E-state index contributed by atoms with van der Waals surface area (Å²) in [6.07, 6.45) is 3.37. The molecule has 2 heterocycles. The summed E-state index contributed by atoms with van der Waals surface area (Å²) in [7, 11) is -3.76. The molecule has 0 aromatic carbocycles. The second-order valence-corrected chi connectivity index (χ2v) is 5.86. The van der Waals surface area contributed by atoms with Gasteiger partial charge in [0, 0.05) is 18.1 Å². The molecule has 0 amide bonds. The Labute approximate surface area is 113 Å². The van der Waals surface area contributed by atoms with E-state index in [9.17, 15) is 8.42 Å². The van der Waals surface area contributed by atoms with Crippen LogP contribution in [0.25, 0.3) is 0 Å². The van der Waals surface area contributed by atoms with E-state index in [4.69, 9.17) is 0 Å². The first-order chi connectivity index (χ1) is 9.12. The maximum atomic E-state index is 11.9. The Hall–Kier alpha value is -1.88. The van der Waals surface area contributed by atoms with E-state index in [1.807, 2.05) is 6.92 Å². The highest BCUT2D eigenvalue weighted by Crippen LogP contribution is 2.14. The monoisotopic (exact) mass is 301 g/mol. The first-order valence-corrected chi connectivity index (χ1v) is 7.61. The highest BCUT2D eigenvalue weighted by Gasteiger charge is 2.17. The molecule has 0 saturated carbocycles. The van der Waals surface area contributed by atoms with Gasteiger partial charge in [0.2, 0.25) is 11.1 Å². The van der Waals surface area contributed by atoms with Crippen molar-refractivity contribution in [2.45, 2.75) is 18.2 Å². The molecule has 102 valence electrons. The molecule has 9 nitrogen and oxygen atoms in total. The highest BCUT2D eigenvalue weighted by atomic mass is 32.2. The van der Waals surface area contributed by atoms with Crippen LogP contribution in [-0.4, -0.2) is 39.7 Å². The molecule has 0 saturated heterocycles. The van der Waals surface area contributed by atoms with Crippen molar-refractivity contribution in [3.63, 3.8) is 0 Å². The molecular weight excluding hydrogens is 290 g/mol. The first-order valence-electron chi connectivity index (χ1n) is 5.35. The van der Waals surface area contributed by atoms with Gasteiger partial charge in [-0.3, -0.25) is 4.72 Å². The van der Waals surface area contributed by atoms with Crippen LogP contribution in [0.2, 0.25) is 0 Å². The molecule has 0 bridgehead atoms. The Bertz CT molecular complexity index is 611. The van der Waals surface area contributed by atoms with Crippen LogP contribution in [0.4, 0.5) is 11.1 Å². The SMILES string of the molecule is CCCNc1ncc(S(=O)(=O)Nc2nnns2)cn1. The molecule has 0 spiro atoms. The standard InChI is InChI=1S/C8H11N7O2S2/c1-2-3-9-7-10-4-6(5-11-7)19(16,17)13-8-12-14-15-18-8/h4-5H,2-3H2,1H3,(H,9,10,11)(H,12,13,15). The van der Waals surface area contributed by atoms with Crippen molar-refractivity contribution < 1.29 is 8.42 Å². The molecule has 11 heteroatoms. The van der Waals surface area contributed by atoms with Gasteiger partial charge in [-0.25, -0.2) is 18.4 Å². The molecule has 19 heavy (non-hydrogen) atoms. The third-order valence-corrected chi connectivity index (χ3v) is 3.93. The molecule has 0 radical (unpaired) electrons. The van der Waals surface area contributed by atoms with Crippen LogP contribution < -0.4 is 10.0 Å². The van der Waals surface area contributed by atoms with Crippen LogP contribution in [0.15, 0.2) is 17.3 Å². The number of sulfonamides is 1. The Balaban J connectivity index is 2.12. The minimum atomic E-state index is -3.76. The summed E-state index contributed by atoms with van der Waals surface area (Å²) >= 11 is 0.843. The van der Waals surface area contributed by atoms with E-state index in [2.05, 4.69) is 34.8 Å². The molecule has 0 atom stereocenters. The van der Waals surface area contributed by atoms with Crippen molar-refractivity contribution in [3.8, 4) is 0 Å². The number of anilines is 2. The topological polar surface area (TPSA) is 123 Å². The maximum absolute atomic E-state index is 11.9. The molecule has 0 aliphatic carbocycles. The maximum Gasteiger partial charge on any atom is 0.266 e. The van der Waals surface area contributed by atoms with Crippen molar-refractivity contribution in [1.29, 1.82) is 0 Å². The number of hydrogen-bond acceptors (Lipinski definition) is 9. The van der Waals surface area contributed by atoms with E-state index in [1.165, 1.54) is 12.4 Å². The van der Waals surface area contributed by atoms with Crippen LogP contribution in [0, 0.1) is 0 Å². The summed E-state index contributed by atoms with van der Waals surface area (Å²) in [4.78, 5) is 7.79. The van der Waals surface area contributed by atoms with Crippen molar-refractivity contribution in [1.82, 2.24) is 24.8 Å². The molecule has 0 aliphatic rings. The minimum Gasteiger partial charge on any atom is -0.354 e. The van der Waals surface area contributed by atoms with Crippen molar-refractivity contribution in [2.24, 2.45) is 0 Å². The van der Waals surface area contributed by atoms with E-state index in [0.717, 1.165) is 24.5 Å². The van der Waals surface area contributed by atoms with Crippen LogP contribution >= 0.6 is 11.5 Å². The third kappa shape index (κ3) is 3.54. The van der Waals surface area contributed by atoms with Gasteiger partial charge in [-0.15, -0.1) is 0 Å². The number of rotatable bonds is 6. The summed E-state index contributed by atoms with van der Waals surface area (Å²) < 4.78 is 29.5. The van der Waals surface area contributed by atoms with Crippen LogP contribution in [0.1, 0.15) is 13.3 Å². The predicted molar refractivity (Wildman–Crippen MR) is 69.3 cm³/mol. The molecule has 0 unspecified atom stereocenters. The lowest BCUT2D eigenvalue weighted by Crippen LogP contribution is -2.14. The number of nitrogens with one attached hydrogen (secondary N) is 2. The smallest absolute Gasteiger partial charge is 0.266 e. The van der Waals surface area contributed by atoms with Gasteiger partial charge in [-0.1, -0.05) is 16.5 Å². The first kappa shape index (κ1) is 13.5. The zero-order valence-corrected chi connectivity index (χ0v) is 11.6. The Morgan fingerprint density at radius 3 is 2.63 bits per heavy atom. The Morgan fingerprint density at radius 2 is 2.05 bits per heavy atom. The van der Waals surface area contributed by atoms with E-state index in [1.54, 1.807) is 0 Å². The molecule has 0 aliphatic heterocycles. The summed E-state index contributed by atoms with van der Waals surface area (Å²) in [6.45, 7) is 2.73. The summed E-state index contributed by atoms with van der Waals surface area (Å²) in [5.74, 6) is 0.387. The normalized spacial score (nSPS) is 11.2. The number of nitrogens with zero attached hydrogens (tertiary/aromatic N) is 5. The quantitative estimate of drug-likeness (QED) is 0.783. The fourth-order valence-electron chi connectivity index (χ4n) is 1.13. The predicted octanol–water partition coefficient (Wildman–Crippen LogP) is 0.346. The number of hydrogen-bond donors (Lipinski definition) is 2. The van der Waals surface area contributed by atoms with Crippen molar-refractivity contribution in [2.75, 3.05) is 16.6 Å². The van der Waals surface area contributed by atoms with Gasteiger partial charge in [0.15, 0.2) is 0 Å². The lowest BCUT2D eigenvalue weighted by Gasteiger charge is -2.05. The molecule has 0 fully saturated rings. The molecule has 2 N–H and O–H groups in total. The van der Waals surface area contributed by atoms with Crippen LogP contribution in [-0.2, 0) is 10.0 Å². The Morgan fingerprint density at radius 1 is 1.32 bits per heavy atom. The Kier molecular flexibility index (Phi) is 4.16. The lowest BCUT2D eigenvalue weighted by molar-refractivity contribution is 0.600. The van der Waals surface area contributed by atoms with Crippen LogP contribution in [0.3, 0.4) is 0 Å². The van der Waals surface area contributed by atoms with Crippen molar-refractivity contribution in [3.05, 3.63) is 12.4 Å². The molecule has 2 rings (SSSR count). The zero-order chi connectivity index (χ0) is 13.7. The van der Waals surface area contributed by atoms with Gasteiger partial charge in [0.05, 0.1) is 12.4 Å². The fraction of sp³-hybridized carbons (Fsp3) is 0.375. The number of aromatic nitrogens is 5. The van der Waals surface area contributed by atoms with E-state index < -0.39 is 10.0 Å². The van der Waals surface area contributed by atoms with Gasteiger partial charge < -0.3 is 5.32 Å². The van der Waals surface area contributed by atoms with Gasteiger partial charge in [-0.2, -0.15) is 0 Å². The zero-order valence-electron chi connectivity index (χ0n) is 9.94. The molecule has 2 aromatic rings. The molecular formula is C8H11N7O2S2. The van der Waals surface area contributed by atoms with Crippen LogP contribution in [0.5, 0.6) is 0 Å². The van der Waals surface area contributed by atoms with Gasteiger partial charge in [-0.05, 0) is 11.6 Å². The van der Waals surface area contributed by atoms with Gasteiger partial charge in [0.1, 0.15) is 4.90 Å². The fourth-order valence-corrected chi connectivity index (χ4v) is 2.60. The largest absolute Gasteiger partial charge is 0.354 e.